The Balaban J connectivity index is 1.54. The summed E-state index contributed by atoms with van der Waals surface area (Å²) < 4.78 is 0. The smallest absolute Gasteiger partial charge is 0.0914 e. The number of allylic oxidation sites excluding steroid dienone is 3. The Morgan fingerprint density at radius 2 is 1.58 bits per heavy atom. The van der Waals surface area contributed by atoms with Crippen LogP contribution < -0.4 is 0 Å². The number of benzene rings is 1. The van der Waals surface area contributed by atoms with Crippen LogP contribution in [0.5, 0.6) is 0 Å². The number of hydrogen-bond acceptors (Lipinski definition) is 1. The van der Waals surface area contributed by atoms with Crippen molar-refractivity contribution in [2.24, 2.45) is 0 Å². The van der Waals surface area contributed by atoms with Crippen molar-refractivity contribution in [3.8, 4) is 0 Å². The average molecular weight is 256 g/mol. The summed E-state index contributed by atoms with van der Waals surface area (Å²) in [6.45, 7) is 4.15. The van der Waals surface area contributed by atoms with Gasteiger partial charge >= 0.3 is 0 Å². The molecule has 0 radical (unpaired) electrons. The first-order valence-electron chi connectivity index (χ1n) is 7.40. The summed E-state index contributed by atoms with van der Waals surface area (Å²) in [4.78, 5) is 0. The molecule has 1 aliphatic carbocycles. The topological polar surface area (TPSA) is 20.2 Å². The minimum Gasteiger partial charge on any atom is -0.512 e. The van der Waals surface area contributed by atoms with E-state index in [2.05, 4.69) is 30.8 Å². The van der Waals surface area contributed by atoms with Gasteiger partial charge in [-0.05, 0) is 48.8 Å². The first-order chi connectivity index (χ1) is 9.27. The van der Waals surface area contributed by atoms with Crippen molar-refractivity contribution >= 4 is 5.57 Å². The molecule has 1 aromatic carbocycles. The zero-order chi connectivity index (χ0) is 13.5. The fourth-order valence-corrected chi connectivity index (χ4v) is 2.33. The molecule has 102 valence electrons. The Morgan fingerprint density at radius 3 is 2.21 bits per heavy atom. The van der Waals surface area contributed by atoms with Crippen LogP contribution in [0.4, 0.5) is 0 Å². The second-order valence-electron chi connectivity index (χ2n) is 5.43. The third-order valence-electron chi connectivity index (χ3n) is 3.73. The van der Waals surface area contributed by atoms with Gasteiger partial charge in [0.25, 0.3) is 0 Å². The standard InChI is InChI=1S/C18H24O/c1-15(16-10-6-4-7-11-16)9-5-2-3-8-12-18(19)17-13-14-17/h4,6-7,10-11,19H,1-3,5,8-9,12-14H2. The van der Waals surface area contributed by atoms with Gasteiger partial charge in [0.05, 0.1) is 5.76 Å². The van der Waals surface area contributed by atoms with E-state index >= 15 is 0 Å². The van der Waals surface area contributed by atoms with Crippen molar-refractivity contribution in [1.82, 2.24) is 0 Å². The summed E-state index contributed by atoms with van der Waals surface area (Å²) in [6.07, 6.45) is 8.98. The van der Waals surface area contributed by atoms with E-state index in [1.165, 1.54) is 36.0 Å². The molecule has 1 aliphatic rings. The van der Waals surface area contributed by atoms with Crippen LogP contribution >= 0.6 is 0 Å². The van der Waals surface area contributed by atoms with E-state index in [1.807, 2.05) is 6.07 Å². The molecule has 1 nitrogen and oxygen atoms in total. The van der Waals surface area contributed by atoms with Crippen molar-refractivity contribution in [2.75, 3.05) is 0 Å². The van der Waals surface area contributed by atoms with Crippen LogP contribution in [0.2, 0.25) is 0 Å². The van der Waals surface area contributed by atoms with Crippen LogP contribution in [-0.2, 0) is 0 Å². The molecule has 19 heavy (non-hydrogen) atoms. The minimum atomic E-state index is 0.675. The van der Waals surface area contributed by atoms with Gasteiger partial charge in [-0.25, -0.2) is 0 Å². The molecule has 1 saturated carbocycles. The Kier molecular flexibility index (Phi) is 5.26. The van der Waals surface area contributed by atoms with Gasteiger partial charge in [0.1, 0.15) is 0 Å². The van der Waals surface area contributed by atoms with E-state index in [-0.39, 0.29) is 0 Å². The van der Waals surface area contributed by atoms with Crippen molar-refractivity contribution in [3.05, 3.63) is 53.8 Å². The molecule has 0 saturated heterocycles. The van der Waals surface area contributed by atoms with Crippen molar-refractivity contribution in [2.45, 2.75) is 51.4 Å². The summed E-state index contributed by atoms with van der Waals surface area (Å²) >= 11 is 0. The number of rotatable bonds is 8. The Morgan fingerprint density at radius 1 is 0.947 bits per heavy atom. The van der Waals surface area contributed by atoms with Crippen molar-refractivity contribution in [3.63, 3.8) is 0 Å². The molecule has 0 amide bonds. The van der Waals surface area contributed by atoms with Crippen molar-refractivity contribution < 1.29 is 5.11 Å². The molecule has 0 unspecified atom stereocenters. The highest BCUT2D eigenvalue weighted by molar-refractivity contribution is 5.62. The highest BCUT2D eigenvalue weighted by Crippen LogP contribution is 2.32. The van der Waals surface area contributed by atoms with Gasteiger partial charge in [-0.1, -0.05) is 49.8 Å². The third-order valence-corrected chi connectivity index (χ3v) is 3.73. The quantitative estimate of drug-likeness (QED) is 0.471. The summed E-state index contributed by atoms with van der Waals surface area (Å²) in [5.41, 5.74) is 3.79. The lowest BCUT2D eigenvalue weighted by molar-refractivity contribution is 0.377. The van der Waals surface area contributed by atoms with E-state index in [1.54, 1.807) is 0 Å². The van der Waals surface area contributed by atoms with Gasteiger partial charge in [0.2, 0.25) is 0 Å². The lowest BCUT2D eigenvalue weighted by Crippen LogP contribution is -1.86. The molecule has 1 heteroatoms. The van der Waals surface area contributed by atoms with Gasteiger partial charge in [0.15, 0.2) is 0 Å². The van der Waals surface area contributed by atoms with E-state index in [0.29, 0.717) is 5.76 Å². The van der Waals surface area contributed by atoms with Crippen LogP contribution in [0.3, 0.4) is 0 Å². The molecular weight excluding hydrogens is 232 g/mol. The fraction of sp³-hybridized carbons (Fsp3) is 0.444. The summed E-state index contributed by atoms with van der Waals surface area (Å²) in [5, 5.41) is 9.65. The Bertz CT molecular complexity index is 436. The number of unbranched alkanes of at least 4 members (excludes halogenated alkanes) is 3. The highest BCUT2D eigenvalue weighted by atomic mass is 16.3. The first-order valence-corrected chi connectivity index (χ1v) is 7.40. The predicted octanol–water partition coefficient (Wildman–Crippen LogP) is 5.65. The largest absolute Gasteiger partial charge is 0.512 e. The molecular formula is C18H24O. The molecule has 0 atom stereocenters. The molecule has 1 N–H and O–H groups in total. The summed E-state index contributed by atoms with van der Waals surface area (Å²) in [5.74, 6) is 0.675. The van der Waals surface area contributed by atoms with E-state index in [4.69, 9.17) is 0 Å². The molecule has 0 heterocycles. The predicted molar refractivity (Wildman–Crippen MR) is 82.1 cm³/mol. The summed E-state index contributed by atoms with van der Waals surface area (Å²) in [7, 11) is 0. The van der Waals surface area contributed by atoms with E-state index < -0.39 is 0 Å². The van der Waals surface area contributed by atoms with Gasteiger partial charge < -0.3 is 5.11 Å². The maximum absolute atomic E-state index is 9.65. The molecule has 0 bridgehead atoms. The zero-order valence-corrected chi connectivity index (χ0v) is 11.7. The minimum absolute atomic E-state index is 0.675. The second kappa shape index (κ2) is 7.18. The van der Waals surface area contributed by atoms with Crippen molar-refractivity contribution in [1.29, 1.82) is 0 Å². The maximum Gasteiger partial charge on any atom is 0.0914 e. The Labute approximate surface area is 116 Å². The fourth-order valence-electron chi connectivity index (χ4n) is 2.33. The Hall–Kier alpha value is -1.50. The highest BCUT2D eigenvalue weighted by Gasteiger charge is 2.16. The lowest BCUT2D eigenvalue weighted by Gasteiger charge is -2.06. The van der Waals surface area contributed by atoms with Gasteiger partial charge in [-0.3, -0.25) is 0 Å². The van der Waals surface area contributed by atoms with Crippen LogP contribution in [-0.4, -0.2) is 5.11 Å². The number of hydrogen-bond donors (Lipinski definition) is 1. The van der Waals surface area contributed by atoms with Crippen LogP contribution in [0.1, 0.15) is 56.9 Å². The average Bonchev–Trinajstić information content (AvgIpc) is 3.27. The number of aliphatic hydroxyl groups excluding tert-OH is 1. The van der Waals surface area contributed by atoms with Gasteiger partial charge in [-0.15, -0.1) is 0 Å². The van der Waals surface area contributed by atoms with Crippen LogP contribution in [0.25, 0.3) is 5.57 Å². The van der Waals surface area contributed by atoms with E-state index in [0.717, 1.165) is 32.1 Å². The normalized spacial score (nSPS) is 13.4. The molecule has 0 aromatic heterocycles. The molecule has 0 spiro atoms. The van der Waals surface area contributed by atoms with Crippen LogP contribution in [0.15, 0.2) is 48.2 Å². The molecule has 0 aliphatic heterocycles. The zero-order valence-electron chi connectivity index (χ0n) is 11.7. The van der Waals surface area contributed by atoms with E-state index in [9.17, 15) is 5.11 Å². The SMILES string of the molecule is C=C(CCCCCCC(O)=C1CC1)c1ccccc1. The van der Waals surface area contributed by atoms with Crippen LogP contribution in [0, 0.1) is 0 Å². The first kappa shape index (κ1) is 13.9. The van der Waals surface area contributed by atoms with Gasteiger partial charge in [0, 0.05) is 6.42 Å². The molecule has 2 rings (SSSR count). The third kappa shape index (κ3) is 4.94. The lowest BCUT2D eigenvalue weighted by atomic mass is 10.0. The number of aliphatic hydroxyl groups is 1. The monoisotopic (exact) mass is 256 g/mol. The maximum atomic E-state index is 9.65. The summed E-state index contributed by atoms with van der Waals surface area (Å²) in [6, 6.07) is 10.4. The molecule has 1 aromatic rings. The second-order valence-corrected chi connectivity index (χ2v) is 5.43. The molecule has 1 fully saturated rings. The van der Waals surface area contributed by atoms with Gasteiger partial charge in [-0.2, -0.15) is 0 Å².